The van der Waals surface area contributed by atoms with Crippen LogP contribution in [0.15, 0.2) is 36.5 Å². The number of quaternary nitrogens is 1. The van der Waals surface area contributed by atoms with Gasteiger partial charge in [-0.25, -0.2) is 0 Å². The van der Waals surface area contributed by atoms with Gasteiger partial charge in [-0.15, -0.1) is 0 Å². The van der Waals surface area contributed by atoms with Crippen LogP contribution in [0.3, 0.4) is 0 Å². The first-order valence-corrected chi connectivity index (χ1v) is 29.8. The number of carbonyl (C=O) groups excluding carboxylic acids is 1. The van der Waals surface area contributed by atoms with Crippen molar-refractivity contribution in [2.24, 2.45) is 0 Å². The van der Waals surface area contributed by atoms with E-state index in [-0.39, 0.29) is 12.5 Å². The molecule has 9 heteroatoms. The standard InChI is InChI=1S/C57H111N2O6P/c1-6-8-10-12-14-16-18-20-22-24-25-26-27-28-29-30-31-32-33-35-36-38-40-42-44-46-48-50-56(60)55(54-65-66(62,63)64-53-52-59(3,4)5)58-57(61)51-49-47-45-43-41-39-37-34-23-21-19-17-15-13-11-9-7-2/h33,35,40,42,48,50,55-56,60H,6-32,34,36-39,41,43-47,49,51-54H2,1-5H3,(H-,58,61,62,63)/b35-33+,42-40+,50-48+. The number of allylic oxidation sites excluding steroid dienone is 5. The first-order chi connectivity index (χ1) is 32.0. The Kier molecular flexibility index (Phi) is 47.8. The molecule has 0 heterocycles. The van der Waals surface area contributed by atoms with Gasteiger partial charge < -0.3 is 28.8 Å². The summed E-state index contributed by atoms with van der Waals surface area (Å²) in [5.74, 6) is -0.208. The third-order valence-corrected chi connectivity index (χ3v) is 13.8. The van der Waals surface area contributed by atoms with Crippen LogP contribution in [0.5, 0.6) is 0 Å². The highest BCUT2D eigenvalue weighted by molar-refractivity contribution is 7.45. The second-order valence-corrected chi connectivity index (χ2v) is 22.0. The molecule has 0 aliphatic carbocycles. The van der Waals surface area contributed by atoms with Crippen molar-refractivity contribution >= 4 is 13.7 Å². The lowest BCUT2D eigenvalue weighted by Gasteiger charge is -2.29. The number of aliphatic hydroxyl groups is 1. The molecule has 0 aromatic heterocycles. The Labute approximate surface area is 410 Å². The van der Waals surface area contributed by atoms with Crippen LogP contribution in [-0.4, -0.2) is 68.5 Å². The number of amides is 1. The van der Waals surface area contributed by atoms with Crippen molar-refractivity contribution < 1.29 is 32.9 Å². The third-order valence-electron chi connectivity index (χ3n) is 12.8. The maximum atomic E-state index is 12.9. The van der Waals surface area contributed by atoms with E-state index < -0.39 is 26.6 Å². The van der Waals surface area contributed by atoms with Crippen molar-refractivity contribution in [2.45, 2.75) is 283 Å². The van der Waals surface area contributed by atoms with E-state index in [1.807, 2.05) is 27.2 Å². The van der Waals surface area contributed by atoms with Gasteiger partial charge >= 0.3 is 0 Å². The average molecular weight is 951 g/mol. The molecule has 0 aromatic carbocycles. The van der Waals surface area contributed by atoms with Gasteiger partial charge in [0.1, 0.15) is 13.2 Å². The topological polar surface area (TPSA) is 108 Å². The molecule has 0 saturated heterocycles. The molecule has 1 amide bonds. The molecule has 0 rings (SSSR count). The second-order valence-electron chi connectivity index (χ2n) is 20.6. The predicted octanol–water partition coefficient (Wildman–Crippen LogP) is 16.4. The summed E-state index contributed by atoms with van der Waals surface area (Å²) >= 11 is 0. The Morgan fingerprint density at radius 1 is 0.515 bits per heavy atom. The maximum Gasteiger partial charge on any atom is 0.268 e. The SMILES string of the molecule is CCCCCCCCCCCCCCCCCCC/C=C/CC/C=C/CC/C=C/C(O)C(COP(=O)([O-])OCC[N+](C)(C)C)NC(=O)CCCCCCCCCCCCCCCCCCC. The monoisotopic (exact) mass is 951 g/mol. The van der Waals surface area contributed by atoms with E-state index in [9.17, 15) is 19.4 Å². The third kappa shape index (κ3) is 50.6. The summed E-state index contributed by atoms with van der Waals surface area (Å²) in [6, 6.07) is -0.907. The van der Waals surface area contributed by atoms with Gasteiger partial charge in [-0.05, 0) is 44.9 Å². The molecule has 0 spiro atoms. The number of rotatable bonds is 52. The molecule has 0 bridgehead atoms. The molecule has 0 fully saturated rings. The van der Waals surface area contributed by atoms with Gasteiger partial charge in [0.2, 0.25) is 5.91 Å². The lowest BCUT2D eigenvalue weighted by atomic mass is 10.0. The van der Waals surface area contributed by atoms with Gasteiger partial charge in [-0.1, -0.05) is 256 Å². The molecule has 3 unspecified atom stereocenters. The number of likely N-dealkylation sites (N-methyl/N-ethyl adjacent to an activating group) is 1. The van der Waals surface area contributed by atoms with Gasteiger partial charge in [-0.2, -0.15) is 0 Å². The quantitative estimate of drug-likeness (QED) is 0.0272. The highest BCUT2D eigenvalue weighted by Gasteiger charge is 2.23. The fourth-order valence-electron chi connectivity index (χ4n) is 8.36. The summed E-state index contributed by atoms with van der Waals surface area (Å²) < 4.78 is 23.3. The van der Waals surface area contributed by atoms with Crippen LogP contribution in [0.2, 0.25) is 0 Å². The fraction of sp³-hybridized carbons (Fsp3) is 0.877. The average Bonchev–Trinajstić information content (AvgIpc) is 3.28. The number of hydrogen-bond donors (Lipinski definition) is 2. The number of phosphoric acid groups is 1. The molecule has 0 aliphatic heterocycles. The summed E-state index contributed by atoms with van der Waals surface area (Å²) in [7, 11) is 1.24. The zero-order valence-electron chi connectivity index (χ0n) is 44.4. The van der Waals surface area contributed by atoms with E-state index in [2.05, 4.69) is 43.5 Å². The lowest BCUT2D eigenvalue weighted by Crippen LogP contribution is -2.45. The Bertz CT molecular complexity index is 1170. The van der Waals surface area contributed by atoms with E-state index in [4.69, 9.17) is 9.05 Å². The maximum absolute atomic E-state index is 12.9. The summed E-state index contributed by atoms with van der Waals surface area (Å²) in [5, 5.41) is 13.8. The number of nitrogens with zero attached hydrogens (tertiary/aromatic N) is 1. The number of carbonyl (C=O) groups is 1. The summed E-state index contributed by atoms with van der Waals surface area (Å²) in [6.45, 7) is 4.65. The van der Waals surface area contributed by atoms with Gasteiger partial charge in [0.15, 0.2) is 0 Å². The Morgan fingerprint density at radius 3 is 1.23 bits per heavy atom. The fourth-order valence-corrected chi connectivity index (χ4v) is 9.09. The number of aliphatic hydroxyl groups excluding tert-OH is 1. The minimum Gasteiger partial charge on any atom is -0.756 e. The summed E-state index contributed by atoms with van der Waals surface area (Å²) in [4.78, 5) is 25.4. The number of nitrogens with one attached hydrogen (secondary N) is 1. The Hall–Kier alpha value is -1.28. The highest BCUT2D eigenvalue weighted by Crippen LogP contribution is 2.38. The van der Waals surface area contributed by atoms with Crippen molar-refractivity contribution in [1.29, 1.82) is 0 Å². The second kappa shape index (κ2) is 48.7. The van der Waals surface area contributed by atoms with E-state index in [1.54, 1.807) is 6.08 Å². The zero-order valence-corrected chi connectivity index (χ0v) is 45.3. The lowest BCUT2D eigenvalue weighted by molar-refractivity contribution is -0.870. The van der Waals surface area contributed by atoms with E-state index in [0.29, 0.717) is 17.4 Å². The minimum absolute atomic E-state index is 0.00746. The molecule has 8 nitrogen and oxygen atoms in total. The molecule has 0 aromatic rings. The van der Waals surface area contributed by atoms with E-state index in [1.165, 1.54) is 205 Å². The number of phosphoric ester groups is 1. The molecular formula is C57H111N2O6P. The summed E-state index contributed by atoms with van der Waals surface area (Å²) in [5.41, 5.74) is 0. The van der Waals surface area contributed by atoms with Gasteiger partial charge in [0, 0.05) is 6.42 Å². The van der Waals surface area contributed by atoms with Gasteiger partial charge in [0.25, 0.3) is 7.82 Å². The molecule has 0 radical (unpaired) electrons. The first-order valence-electron chi connectivity index (χ1n) is 28.4. The molecule has 0 aliphatic rings. The molecular weight excluding hydrogens is 840 g/mol. The van der Waals surface area contributed by atoms with Crippen LogP contribution >= 0.6 is 7.82 Å². The van der Waals surface area contributed by atoms with E-state index in [0.717, 1.165) is 44.9 Å². The largest absolute Gasteiger partial charge is 0.756 e. The number of unbranched alkanes of at least 4 members (excludes halogenated alkanes) is 35. The minimum atomic E-state index is -4.60. The molecule has 390 valence electrons. The molecule has 2 N–H and O–H groups in total. The van der Waals surface area contributed by atoms with Crippen LogP contribution in [0.4, 0.5) is 0 Å². The van der Waals surface area contributed by atoms with Crippen LogP contribution in [-0.2, 0) is 18.4 Å². The van der Waals surface area contributed by atoms with Crippen LogP contribution in [0, 0.1) is 0 Å². The van der Waals surface area contributed by atoms with Crippen molar-refractivity contribution in [3.05, 3.63) is 36.5 Å². The van der Waals surface area contributed by atoms with Gasteiger partial charge in [0.05, 0.1) is 39.9 Å². The van der Waals surface area contributed by atoms with E-state index >= 15 is 0 Å². The molecule has 3 atom stereocenters. The van der Waals surface area contributed by atoms with Gasteiger partial charge in [-0.3, -0.25) is 9.36 Å². The van der Waals surface area contributed by atoms with Crippen molar-refractivity contribution in [3.8, 4) is 0 Å². The van der Waals surface area contributed by atoms with Crippen molar-refractivity contribution in [2.75, 3.05) is 40.9 Å². The Balaban J connectivity index is 4.26. The van der Waals surface area contributed by atoms with Crippen LogP contribution in [0.1, 0.15) is 271 Å². The summed E-state index contributed by atoms with van der Waals surface area (Å²) in [6.07, 6.45) is 62.3. The smallest absolute Gasteiger partial charge is 0.268 e. The van der Waals surface area contributed by atoms with Crippen molar-refractivity contribution in [1.82, 2.24) is 5.32 Å². The highest BCUT2D eigenvalue weighted by atomic mass is 31.2. The normalized spacial score (nSPS) is 14.2. The molecule has 66 heavy (non-hydrogen) atoms. The predicted molar refractivity (Wildman–Crippen MR) is 284 cm³/mol. The molecule has 0 saturated carbocycles. The zero-order chi connectivity index (χ0) is 48.5. The van der Waals surface area contributed by atoms with Crippen LogP contribution in [0.25, 0.3) is 0 Å². The first kappa shape index (κ1) is 64.7. The van der Waals surface area contributed by atoms with Crippen LogP contribution < -0.4 is 10.2 Å². The van der Waals surface area contributed by atoms with Crippen molar-refractivity contribution in [3.63, 3.8) is 0 Å². The Morgan fingerprint density at radius 2 is 0.848 bits per heavy atom. The number of hydrogen-bond acceptors (Lipinski definition) is 6.